The van der Waals surface area contributed by atoms with Crippen molar-refractivity contribution in [1.29, 1.82) is 5.41 Å². The molecular formula is C16H16FN3OS. The lowest BCUT2D eigenvalue weighted by atomic mass is 9.92. The van der Waals surface area contributed by atoms with Gasteiger partial charge in [-0.1, -0.05) is 12.1 Å². The normalized spacial score (nSPS) is 21.9. The van der Waals surface area contributed by atoms with Gasteiger partial charge in [0.05, 0.1) is 12.0 Å². The van der Waals surface area contributed by atoms with E-state index in [9.17, 15) is 9.18 Å². The van der Waals surface area contributed by atoms with Gasteiger partial charge in [-0.25, -0.2) is 4.39 Å². The van der Waals surface area contributed by atoms with E-state index in [-0.39, 0.29) is 24.1 Å². The molecule has 22 heavy (non-hydrogen) atoms. The molecule has 2 heterocycles. The van der Waals surface area contributed by atoms with Gasteiger partial charge in [0.15, 0.2) is 5.96 Å². The highest BCUT2D eigenvalue weighted by Crippen LogP contribution is 2.36. The van der Waals surface area contributed by atoms with E-state index < -0.39 is 5.54 Å². The van der Waals surface area contributed by atoms with Crippen LogP contribution >= 0.6 is 11.3 Å². The summed E-state index contributed by atoms with van der Waals surface area (Å²) >= 11 is 1.51. The number of carbonyl (C=O) groups is 1. The van der Waals surface area contributed by atoms with Gasteiger partial charge >= 0.3 is 0 Å². The van der Waals surface area contributed by atoms with E-state index in [1.807, 2.05) is 24.4 Å². The molecule has 4 nitrogen and oxygen atoms in total. The summed E-state index contributed by atoms with van der Waals surface area (Å²) in [6.45, 7) is 1.91. The third-order valence-electron chi connectivity index (χ3n) is 3.91. The van der Waals surface area contributed by atoms with Crippen LogP contribution in [0.25, 0.3) is 11.1 Å². The Morgan fingerprint density at radius 1 is 1.36 bits per heavy atom. The zero-order valence-corrected chi connectivity index (χ0v) is 13.1. The van der Waals surface area contributed by atoms with Gasteiger partial charge in [-0.05, 0) is 41.6 Å². The number of amides is 1. The number of thiophene rings is 1. The van der Waals surface area contributed by atoms with Crippen molar-refractivity contribution in [3.8, 4) is 11.1 Å². The first kappa shape index (κ1) is 14.7. The highest BCUT2D eigenvalue weighted by atomic mass is 32.1. The second kappa shape index (κ2) is 5.21. The first-order valence-corrected chi connectivity index (χ1v) is 7.75. The van der Waals surface area contributed by atoms with Crippen LogP contribution in [0.4, 0.5) is 4.39 Å². The molecule has 0 bridgehead atoms. The first-order chi connectivity index (χ1) is 10.4. The van der Waals surface area contributed by atoms with Crippen molar-refractivity contribution in [2.75, 3.05) is 7.05 Å². The van der Waals surface area contributed by atoms with Crippen molar-refractivity contribution < 1.29 is 9.18 Å². The fourth-order valence-corrected chi connectivity index (χ4v) is 3.57. The average Bonchev–Trinajstić information content (AvgIpc) is 2.95. The maximum absolute atomic E-state index is 13.3. The molecule has 1 fully saturated rings. The Balaban J connectivity index is 1.93. The molecule has 3 rings (SSSR count). The smallest absolute Gasteiger partial charge is 0.231 e. The van der Waals surface area contributed by atoms with Gasteiger partial charge in [0.1, 0.15) is 5.82 Å². The Hall–Kier alpha value is -2.21. The molecule has 0 radical (unpaired) electrons. The first-order valence-electron chi connectivity index (χ1n) is 6.87. The molecule has 0 saturated carbocycles. The van der Waals surface area contributed by atoms with Gasteiger partial charge in [-0.2, -0.15) is 0 Å². The van der Waals surface area contributed by atoms with Crippen LogP contribution in [0.15, 0.2) is 35.7 Å². The number of rotatable bonds is 2. The van der Waals surface area contributed by atoms with Gasteiger partial charge in [0.2, 0.25) is 5.91 Å². The van der Waals surface area contributed by atoms with E-state index in [2.05, 4.69) is 5.32 Å². The Morgan fingerprint density at radius 3 is 2.82 bits per heavy atom. The topological polar surface area (TPSA) is 56.2 Å². The molecule has 1 aromatic carbocycles. The molecular weight excluding hydrogens is 301 g/mol. The fraction of sp³-hybridized carbons (Fsp3) is 0.250. The molecule has 114 valence electrons. The largest absolute Gasteiger partial charge is 0.345 e. The van der Waals surface area contributed by atoms with Crippen LogP contribution in [0.3, 0.4) is 0 Å². The van der Waals surface area contributed by atoms with Crippen LogP contribution in [-0.4, -0.2) is 23.8 Å². The van der Waals surface area contributed by atoms with E-state index in [1.54, 1.807) is 13.1 Å². The number of halogens is 1. The Bertz CT molecular complexity index is 737. The molecule has 2 aromatic rings. The lowest BCUT2D eigenvalue weighted by Gasteiger charge is -2.38. The highest BCUT2D eigenvalue weighted by molar-refractivity contribution is 7.10. The minimum absolute atomic E-state index is 0.0908. The van der Waals surface area contributed by atoms with Crippen LogP contribution in [0.5, 0.6) is 0 Å². The predicted molar refractivity (Wildman–Crippen MR) is 85.3 cm³/mol. The molecule has 1 amide bonds. The molecule has 1 atom stereocenters. The maximum atomic E-state index is 13.3. The van der Waals surface area contributed by atoms with E-state index >= 15 is 0 Å². The zero-order valence-electron chi connectivity index (χ0n) is 12.3. The molecule has 1 saturated heterocycles. The van der Waals surface area contributed by atoms with Gasteiger partial charge < -0.3 is 5.32 Å². The standard InChI is InChI=1S/C16H16FN3OS/c1-16(8-14(21)20(2)15(18)19-16)13-7-11(9-22-13)10-4-3-5-12(17)6-10/h3-7,9H,8H2,1-2H3,(H2,18,19)/t16-/m0/s1. The lowest BCUT2D eigenvalue weighted by molar-refractivity contribution is -0.129. The van der Waals surface area contributed by atoms with Crippen molar-refractivity contribution in [1.82, 2.24) is 10.2 Å². The molecule has 0 spiro atoms. The number of guanidine groups is 1. The second-order valence-electron chi connectivity index (χ2n) is 5.65. The summed E-state index contributed by atoms with van der Waals surface area (Å²) < 4.78 is 13.3. The quantitative estimate of drug-likeness (QED) is 0.894. The average molecular weight is 317 g/mol. The van der Waals surface area contributed by atoms with Crippen molar-refractivity contribution in [3.05, 3.63) is 46.4 Å². The van der Waals surface area contributed by atoms with Crippen molar-refractivity contribution in [2.45, 2.75) is 18.9 Å². The van der Waals surface area contributed by atoms with Gasteiger partial charge in [-0.15, -0.1) is 11.3 Å². The van der Waals surface area contributed by atoms with E-state index in [0.717, 1.165) is 16.0 Å². The molecule has 0 aliphatic carbocycles. The number of nitrogens with zero attached hydrogens (tertiary/aromatic N) is 1. The number of nitrogens with one attached hydrogen (secondary N) is 2. The number of hydrogen-bond donors (Lipinski definition) is 2. The summed E-state index contributed by atoms with van der Waals surface area (Å²) in [5.41, 5.74) is 1.12. The number of hydrogen-bond acceptors (Lipinski definition) is 3. The van der Waals surface area contributed by atoms with Crippen LogP contribution < -0.4 is 5.32 Å². The highest BCUT2D eigenvalue weighted by Gasteiger charge is 2.38. The lowest BCUT2D eigenvalue weighted by Crippen LogP contribution is -2.57. The summed E-state index contributed by atoms with van der Waals surface area (Å²) in [5.74, 6) is -0.266. The Morgan fingerprint density at radius 2 is 2.14 bits per heavy atom. The van der Waals surface area contributed by atoms with Crippen molar-refractivity contribution >= 4 is 23.2 Å². The third kappa shape index (κ3) is 2.50. The predicted octanol–water partition coefficient (Wildman–Crippen LogP) is 3.16. The van der Waals surface area contributed by atoms with Crippen LogP contribution in [-0.2, 0) is 10.3 Å². The summed E-state index contributed by atoms with van der Waals surface area (Å²) in [7, 11) is 1.59. The molecule has 1 aromatic heterocycles. The van der Waals surface area contributed by atoms with Crippen LogP contribution in [0.2, 0.25) is 0 Å². The molecule has 0 unspecified atom stereocenters. The van der Waals surface area contributed by atoms with E-state index in [4.69, 9.17) is 5.41 Å². The minimum atomic E-state index is -0.600. The Labute approximate surface area is 132 Å². The monoisotopic (exact) mass is 317 g/mol. The third-order valence-corrected chi connectivity index (χ3v) is 5.10. The molecule has 1 aliphatic rings. The summed E-state index contributed by atoms with van der Waals surface area (Å²) in [4.78, 5) is 14.3. The summed E-state index contributed by atoms with van der Waals surface area (Å²) in [5, 5.41) is 12.9. The second-order valence-corrected chi connectivity index (χ2v) is 6.56. The van der Waals surface area contributed by atoms with Crippen LogP contribution in [0.1, 0.15) is 18.2 Å². The molecule has 2 N–H and O–H groups in total. The van der Waals surface area contributed by atoms with E-state index in [1.165, 1.54) is 28.4 Å². The zero-order chi connectivity index (χ0) is 15.9. The Kier molecular flexibility index (Phi) is 3.48. The van der Waals surface area contributed by atoms with Gasteiger partial charge in [0, 0.05) is 11.9 Å². The molecule has 6 heteroatoms. The van der Waals surface area contributed by atoms with Crippen molar-refractivity contribution in [2.24, 2.45) is 0 Å². The van der Waals surface area contributed by atoms with Crippen molar-refractivity contribution in [3.63, 3.8) is 0 Å². The molecule has 1 aliphatic heterocycles. The number of benzene rings is 1. The fourth-order valence-electron chi connectivity index (χ4n) is 2.53. The van der Waals surface area contributed by atoms with E-state index in [0.29, 0.717) is 0 Å². The summed E-state index contributed by atoms with van der Waals surface area (Å²) in [6.07, 6.45) is 0.287. The van der Waals surface area contributed by atoms with Crippen LogP contribution in [0, 0.1) is 11.2 Å². The number of carbonyl (C=O) groups excluding carboxylic acids is 1. The van der Waals surface area contributed by atoms with Gasteiger partial charge in [0.25, 0.3) is 0 Å². The maximum Gasteiger partial charge on any atom is 0.231 e. The SMILES string of the molecule is CN1C(=N)N[C@](C)(c2cc(-c3cccc(F)c3)cs2)CC1=O. The summed E-state index contributed by atoms with van der Waals surface area (Å²) in [6, 6.07) is 8.39. The minimum Gasteiger partial charge on any atom is -0.345 e. The van der Waals surface area contributed by atoms with Gasteiger partial charge in [-0.3, -0.25) is 15.1 Å².